The van der Waals surface area contributed by atoms with Crippen molar-refractivity contribution >= 4 is 11.0 Å². The maximum absolute atomic E-state index is 11.1. The minimum atomic E-state index is 0.00579. The van der Waals surface area contributed by atoms with Gasteiger partial charge in [-0.1, -0.05) is 12.1 Å². The van der Waals surface area contributed by atoms with Crippen molar-refractivity contribution < 1.29 is 14.1 Å². The van der Waals surface area contributed by atoms with Crippen molar-refractivity contribution in [2.75, 3.05) is 13.2 Å². The van der Waals surface area contributed by atoms with Gasteiger partial charge in [-0.15, -0.1) is 10.2 Å². The van der Waals surface area contributed by atoms with Crippen LogP contribution in [-0.4, -0.2) is 25.3 Å². The molecule has 2 aliphatic heterocycles. The van der Waals surface area contributed by atoms with Crippen LogP contribution in [0, 0.1) is 0 Å². The molecule has 0 spiro atoms. The summed E-state index contributed by atoms with van der Waals surface area (Å²) in [5.74, 6) is 0. The molecule has 1 aromatic heterocycles. The predicted octanol–water partition coefficient (Wildman–Crippen LogP) is 2.31. The molecule has 0 bridgehead atoms. The summed E-state index contributed by atoms with van der Waals surface area (Å²) < 4.78 is 5.09. The second-order valence-electron chi connectivity index (χ2n) is 4.40. The molecule has 2 atom stereocenters. The number of nitrogens with zero attached hydrogens (tertiary/aromatic N) is 4. The summed E-state index contributed by atoms with van der Waals surface area (Å²) >= 11 is 0. The minimum Gasteiger partial charge on any atom is -0.464 e. The fourth-order valence-corrected chi connectivity index (χ4v) is 1.88. The van der Waals surface area contributed by atoms with Gasteiger partial charge in [0.2, 0.25) is 0 Å². The molecule has 0 N–H and O–H groups in total. The Bertz CT molecular complexity index is 702. The van der Waals surface area contributed by atoms with E-state index in [-0.39, 0.29) is 17.5 Å². The maximum Gasteiger partial charge on any atom is 0.192 e. The molecule has 108 valence electrons. The third-order valence-electron chi connectivity index (χ3n) is 3.01. The summed E-state index contributed by atoms with van der Waals surface area (Å²) in [5, 5.41) is 15.0. The van der Waals surface area contributed by atoms with Gasteiger partial charge in [-0.25, -0.2) is 0 Å². The van der Waals surface area contributed by atoms with Crippen molar-refractivity contribution in [1.82, 2.24) is 0 Å². The number of fused-ring (bicyclic) bond motifs is 1. The Morgan fingerprint density at radius 2 is 1.62 bits per heavy atom. The van der Waals surface area contributed by atoms with Crippen LogP contribution < -0.4 is 5.43 Å². The first-order chi connectivity index (χ1) is 10.3. The first-order valence-electron chi connectivity index (χ1n) is 6.35. The molecule has 8 heteroatoms. The van der Waals surface area contributed by atoms with Gasteiger partial charge in [0, 0.05) is 16.6 Å². The fourth-order valence-electron chi connectivity index (χ4n) is 1.88. The molecule has 2 aliphatic rings. The third kappa shape index (κ3) is 3.04. The number of benzene rings is 1. The average molecular weight is 288 g/mol. The quantitative estimate of drug-likeness (QED) is 0.803. The van der Waals surface area contributed by atoms with Crippen LogP contribution >= 0.6 is 0 Å². The summed E-state index contributed by atoms with van der Waals surface area (Å²) in [6, 6.07) is 8.61. The number of rotatable bonds is 1. The lowest BCUT2D eigenvalue weighted by atomic mass is 10.2. The van der Waals surface area contributed by atoms with E-state index in [1.807, 2.05) is 12.1 Å². The highest BCUT2D eigenvalue weighted by atomic mass is 16.7. The molecule has 0 amide bonds. The van der Waals surface area contributed by atoms with E-state index < -0.39 is 0 Å². The Kier molecular flexibility index (Phi) is 3.85. The van der Waals surface area contributed by atoms with E-state index in [1.54, 1.807) is 12.1 Å². The normalized spacial score (nSPS) is 22.5. The largest absolute Gasteiger partial charge is 0.464 e. The average Bonchev–Trinajstić information content (AvgIpc) is 3.21. The summed E-state index contributed by atoms with van der Waals surface area (Å²) in [4.78, 5) is 20.5. The van der Waals surface area contributed by atoms with Crippen LogP contribution in [0.15, 0.2) is 66.6 Å². The Morgan fingerprint density at radius 3 is 2.19 bits per heavy atom. The first kappa shape index (κ1) is 13.2. The maximum atomic E-state index is 11.1. The van der Waals surface area contributed by atoms with E-state index >= 15 is 0 Å². The summed E-state index contributed by atoms with van der Waals surface area (Å²) in [5.41, 5.74) is 0.645. The van der Waals surface area contributed by atoms with Gasteiger partial charge in [0.15, 0.2) is 5.43 Å². The van der Waals surface area contributed by atoms with E-state index in [0.29, 0.717) is 24.2 Å². The summed E-state index contributed by atoms with van der Waals surface area (Å²) in [6.07, 6.45) is 1.41. The van der Waals surface area contributed by atoms with Gasteiger partial charge in [0.1, 0.15) is 30.9 Å². The highest BCUT2D eigenvalue weighted by Gasteiger charge is 2.29. The number of hydrogen-bond donors (Lipinski definition) is 0. The lowest BCUT2D eigenvalue weighted by Crippen LogP contribution is -2.25. The number of para-hydroxylation sites is 1. The van der Waals surface area contributed by atoms with Crippen molar-refractivity contribution in [2.24, 2.45) is 20.8 Å². The highest BCUT2D eigenvalue weighted by molar-refractivity contribution is 5.75. The van der Waals surface area contributed by atoms with Gasteiger partial charge in [-0.05, 0) is 12.1 Å². The van der Waals surface area contributed by atoms with Crippen LogP contribution in [0.4, 0.5) is 0 Å². The Labute approximate surface area is 119 Å². The van der Waals surface area contributed by atoms with Crippen molar-refractivity contribution in [1.29, 1.82) is 0 Å². The predicted molar refractivity (Wildman–Crippen MR) is 71.7 cm³/mol. The van der Waals surface area contributed by atoms with Crippen LogP contribution in [0.25, 0.3) is 11.0 Å². The zero-order valence-corrected chi connectivity index (χ0v) is 11.0. The molecule has 2 aromatic rings. The third-order valence-corrected chi connectivity index (χ3v) is 3.01. The molecule has 4 rings (SSSR count). The van der Waals surface area contributed by atoms with Crippen molar-refractivity contribution in [2.45, 2.75) is 12.1 Å². The second kappa shape index (κ2) is 6.12. The fraction of sp³-hybridized carbons (Fsp3) is 0.308. The van der Waals surface area contributed by atoms with E-state index in [2.05, 4.69) is 30.5 Å². The van der Waals surface area contributed by atoms with Crippen LogP contribution in [0.3, 0.4) is 0 Å². The van der Waals surface area contributed by atoms with Gasteiger partial charge in [-0.3, -0.25) is 4.79 Å². The minimum absolute atomic E-state index is 0.00579. The van der Waals surface area contributed by atoms with Crippen LogP contribution in [-0.2, 0) is 9.68 Å². The van der Waals surface area contributed by atoms with Crippen molar-refractivity contribution in [3.63, 3.8) is 0 Å². The van der Waals surface area contributed by atoms with Crippen LogP contribution in [0.5, 0.6) is 0 Å². The molecule has 3 heterocycles. The van der Waals surface area contributed by atoms with E-state index in [4.69, 9.17) is 4.42 Å². The summed E-state index contributed by atoms with van der Waals surface area (Å²) in [6.45, 7) is 0.986. The number of hydrogen-bond acceptors (Lipinski definition) is 8. The molecule has 8 nitrogen and oxygen atoms in total. The molecule has 0 saturated carbocycles. The van der Waals surface area contributed by atoms with Gasteiger partial charge < -0.3 is 14.1 Å². The van der Waals surface area contributed by atoms with E-state index in [9.17, 15) is 4.79 Å². The summed E-state index contributed by atoms with van der Waals surface area (Å²) in [7, 11) is 0. The molecule has 0 saturated heterocycles. The molecule has 0 radical (unpaired) electrons. The van der Waals surface area contributed by atoms with Gasteiger partial charge in [-0.2, -0.15) is 0 Å². The Morgan fingerprint density at radius 1 is 0.952 bits per heavy atom. The standard InChI is InChI=1S/C9H6O2.C4H6N4O2/c10-8-5-6-11-9-4-2-1-3-7(8)9;1-3(5-7-9-1)4-2-10-8-6-4/h1-6H;3-4H,1-2H2. The Balaban J connectivity index is 0.000000126. The topological polar surface area (TPSA) is 98.1 Å². The molecule has 2 unspecified atom stereocenters. The molecule has 0 fully saturated rings. The molecular formula is C13H12N4O4. The zero-order valence-electron chi connectivity index (χ0n) is 11.0. The highest BCUT2D eigenvalue weighted by Crippen LogP contribution is 2.15. The Hall–Kier alpha value is -2.77. The van der Waals surface area contributed by atoms with Crippen molar-refractivity contribution in [3.05, 3.63) is 46.8 Å². The van der Waals surface area contributed by atoms with Crippen LogP contribution in [0.2, 0.25) is 0 Å². The van der Waals surface area contributed by atoms with Crippen molar-refractivity contribution in [3.8, 4) is 0 Å². The lowest BCUT2D eigenvalue weighted by Gasteiger charge is -2.03. The first-order valence-corrected chi connectivity index (χ1v) is 6.35. The van der Waals surface area contributed by atoms with E-state index in [0.717, 1.165) is 0 Å². The van der Waals surface area contributed by atoms with Crippen LogP contribution in [0.1, 0.15) is 0 Å². The van der Waals surface area contributed by atoms with E-state index in [1.165, 1.54) is 12.3 Å². The van der Waals surface area contributed by atoms with Gasteiger partial charge in [0.25, 0.3) is 0 Å². The zero-order chi connectivity index (χ0) is 14.5. The smallest absolute Gasteiger partial charge is 0.192 e. The molecule has 21 heavy (non-hydrogen) atoms. The SMILES string of the molecule is C1ON=NC1C1CON=N1.O=c1ccoc2ccccc12. The molecular weight excluding hydrogens is 276 g/mol. The monoisotopic (exact) mass is 288 g/mol. The molecule has 1 aromatic carbocycles. The van der Waals surface area contributed by atoms with Gasteiger partial charge >= 0.3 is 0 Å². The van der Waals surface area contributed by atoms with Gasteiger partial charge in [0.05, 0.1) is 11.6 Å². The molecule has 0 aliphatic carbocycles. The second-order valence-corrected chi connectivity index (χ2v) is 4.40. The lowest BCUT2D eigenvalue weighted by molar-refractivity contribution is 0.143.